The number of aryl methyl sites for hydroxylation is 2. The topological polar surface area (TPSA) is 51.0 Å². The average molecular weight is 390 g/mol. The first-order chi connectivity index (χ1) is 13.6. The Bertz CT molecular complexity index is 1090. The van der Waals surface area contributed by atoms with Crippen LogP contribution in [0.3, 0.4) is 0 Å². The van der Waals surface area contributed by atoms with Gasteiger partial charge in [-0.15, -0.1) is 10.2 Å². The van der Waals surface area contributed by atoms with Crippen LogP contribution in [0.5, 0.6) is 0 Å². The predicted octanol–water partition coefficient (Wildman–Crippen LogP) is 6.21. The van der Waals surface area contributed by atoms with Crippen molar-refractivity contribution < 1.29 is 4.42 Å². The lowest BCUT2D eigenvalue weighted by Crippen LogP contribution is -2.13. The van der Waals surface area contributed by atoms with Gasteiger partial charge in [0.05, 0.1) is 10.6 Å². The molecule has 1 atom stereocenters. The van der Waals surface area contributed by atoms with Crippen molar-refractivity contribution in [2.24, 2.45) is 0 Å². The maximum atomic E-state index is 6.29. The second-order valence-electron chi connectivity index (χ2n) is 6.73. The molecule has 0 bridgehead atoms. The highest BCUT2D eigenvalue weighted by Crippen LogP contribution is 2.31. The van der Waals surface area contributed by atoms with Crippen LogP contribution in [-0.2, 0) is 0 Å². The molecule has 0 aliphatic heterocycles. The van der Waals surface area contributed by atoms with Crippen molar-refractivity contribution in [3.63, 3.8) is 0 Å². The van der Waals surface area contributed by atoms with E-state index in [1.165, 1.54) is 5.56 Å². The first-order valence-corrected chi connectivity index (χ1v) is 9.46. The third kappa shape index (κ3) is 3.78. The summed E-state index contributed by atoms with van der Waals surface area (Å²) in [6, 6.07) is 23.5. The lowest BCUT2D eigenvalue weighted by Gasteiger charge is -2.19. The van der Waals surface area contributed by atoms with E-state index in [1.54, 1.807) is 0 Å². The van der Waals surface area contributed by atoms with E-state index in [1.807, 2.05) is 54.6 Å². The summed E-state index contributed by atoms with van der Waals surface area (Å²) < 4.78 is 6.03. The molecule has 1 N–H and O–H groups in total. The Labute approximate surface area is 169 Å². The number of nitrogens with one attached hydrogen (secondary N) is 1. The fraction of sp³-hybridized carbons (Fsp3) is 0.130. The summed E-state index contributed by atoms with van der Waals surface area (Å²) in [5.74, 6) is 0.894. The Morgan fingerprint density at radius 1 is 0.893 bits per heavy atom. The van der Waals surface area contributed by atoms with E-state index in [0.717, 1.165) is 22.4 Å². The summed E-state index contributed by atoms with van der Waals surface area (Å²) in [5, 5.41) is 12.7. The molecule has 0 radical (unpaired) electrons. The van der Waals surface area contributed by atoms with Crippen LogP contribution in [0.4, 0.5) is 5.69 Å². The van der Waals surface area contributed by atoms with E-state index in [9.17, 15) is 0 Å². The van der Waals surface area contributed by atoms with Gasteiger partial charge in [-0.05, 0) is 43.2 Å². The van der Waals surface area contributed by atoms with Crippen LogP contribution < -0.4 is 5.32 Å². The highest BCUT2D eigenvalue weighted by Gasteiger charge is 2.22. The van der Waals surface area contributed by atoms with Crippen LogP contribution in [-0.4, -0.2) is 10.2 Å². The van der Waals surface area contributed by atoms with Gasteiger partial charge in [0.25, 0.3) is 0 Å². The van der Waals surface area contributed by atoms with Crippen molar-refractivity contribution in [2.45, 2.75) is 19.9 Å². The van der Waals surface area contributed by atoms with Crippen molar-refractivity contribution >= 4 is 17.3 Å². The van der Waals surface area contributed by atoms with Crippen LogP contribution in [0.1, 0.15) is 28.6 Å². The van der Waals surface area contributed by atoms with Crippen molar-refractivity contribution in [1.29, 1.82) is 0 Å². The number of benzene rings is 3. The third-order valence-corrected chi connectivity index (χ3v) is 4.94. The minimum absolute atomic E-state index is 0.272. The van der Waals surface area contributed by atoms with Crippen LogP contribution in [0, 0.1) is 13.8 Å². The van der Waals surface area contributed by atoms with Crippen LogP contribution in [0.25, 0.3) is 11.5 Å². The molecule has 0 saturated heterocycles. The van der Waals surface area contributed by atoms with E-state index in [4.69, 9.17) is 16.0 Å². The summed E-state index contributed by atoms with van der Waals surface area (Å²) in [4.78, 5) is 0. The number of nitrogens with zero attached hydrogens (tertiary/aromatic N) is 2. The van der Waals surface area contributed by atoms with E-state index in [-0.39, 0.29) is 6.04 Å². The summed E-state index contributed by atoms with van der Waals surface area (Å²) in [6.07, 6.45) is 0. The van der Waals surface area contributed by atoms with E-state index in [0.29, 0.717) is 16.8 Å². The molecule has 28 heavy (non-hydrogen) atoms. The molecule has 0 saturated carbocycles. The lowest BCUT2D eigenvalue weighted by atomic mass is 10.0. The van der Waals surface area contributed by atoms with Gasteiger partial charge >= 0.3 is 0 Å². The van der Waals surface area contributed by atoms with Crippen LogP contribution >= 0.6 is 11.6 Å². The van der Waals surface area contributed by atoms with Gasteiger partial charge in [-0.25, -0.2) is 0 Å². The SMILES string of the molecule is Cc1ccc(N[C@H](c2ccccc2)c2nnc(-c3ccccc3Cl)o2)c(C)c1. The van der Waals surface area contributed by atoms with Crippen molar-refractivity contribution in [3.8, 4) is 11.5 Å². The Morgan fingerprint density at radius 2 is 1.64 bits per heavy atom. The van der Waals surface area contributed by atoms with Gasteiger partial charge in [0.1, 0.15) is 6.04 Å². The first kappa shape index (κ1) is 18.3. The molecule has 0 unspecified atom stereocenters. The standard InChI is InChI=1S/C23H20ClN3O/c1-15-12-13-20(16(2)14-15)25-21(17-8-4-3-5-9-17)23-27-26-22(28-23)18-10-6-7-11-19(18)24/h3-14,21,25H,1-2H3/t21-/m1/s1. The number of rotatable bonds is 5. The fourth-order valence-corrected chi connectivity index (χ4v) is 3.38. The van der Waals surface area contributed by atoms with Gasteiger partial charge in [0.15, 0.2) is 0 Å². The quantitative estimate of drug-likeness (QED) is 0.441. The third-order valence-electron chi connectivity index (χ3n) is 4.61. The number of aromatic nitrogens is 2. The monoisotopic (exact) mass is 389 g/mol. The molecule has 5 heteroatoms. The van der Waals surface area contributed by atoms with E-state index in [2.05, 4.69) is 47.6 Å². The second kappa shape index (κ2) is 7.87. The minimum atomic E-state index is -0.272. The zero-order valence-electron chi connectivity index (χ0n) is 15.7. The molecule has 0 fully saturated rings. The van der Waals surface area contributed by atoms with Crippen molar-refractivity contribution in [2.75, 3.05) is 5.32 Å². The molecule has 0 amide bonds. The summed E-state index contributed by atoms with van der Waals surface area (Å²) in [5.41, 5.74) is 5.17. The largest absolute Gasteiger partial charge is 0.418 e. The van der Waals surface area contributed by atoms with Gasteiger partial charge in [-0.3, -0.25) is 0 Å². The molecular weight excluding hydrogens is 370 g/mol. The normalized spacial score (nSPS) is 12.0. The Hall–Kier alpha value is -3.11. The van der Waals surface area contributed by atoms with E-state index >= 15 is 0 Å². The molecular formula is C23H20ClN3O. The molecule has 1 heterocycles. The molecule has 140 valence electrons. The number of hydrogen-bond acceptors (Lipinski definition) is 4. The van der Waals surface area contributed by atoms with Crippen molar-refractivity contribution in [1.82, 2.24) is 10.2 Å². The Kier molecular flexibility index (Phi) is 5.13. The zero-order chi connectivity index (χ0) is 19.5. The number of anilines is 1. The first-order valence-electron chi connectivity index (χ1n) is 9.09. The zero-order valence-corrected chi connectivity index (χ0v) is 16.4. The molecule has 4 nitrogen and oxygen atoms in total. The highest BCUT2D eigenvalue weighted by atomic mass is 35.5. The maximum Gasteiger partial charge on any atom is 0.249 e. The lowest BCUT2D eigenvalue weighted by molar-refractivity contribution is 0.494. The van der Waals surface area contributed by atoms with Gasteiger partial charge < -0.3 is 9.73 Å². The van der Waals surface area contributed by atoms with Crippen molar-refractivity contribution in [3.05, 3.63) is 100 Å². The van der Waals surface area contributed by atoms with Gasteiger partial charge in [-0.1, -0.05) is 71.8 Å². The summed E-state index contributed by atoms with van der Waals surface area (Å²) in [7, 11) is 0. The van der Waals surface area contributed by atoms with Gasteiger partial charge in [0.2, 0.25) is 11.8 Å². The molecule has 4 rings (SSSR count). The molecule has 0 aliphatic carbocycles. The fourth-order valence-electron chi connectivity index (χ4n) is 3.16. The molecule has 4 aromatic rings. The smallest absolute Gasteiger partial charge is 0.249 e. The van der Waals surface area contributed by atoms with Gasteiger partial charge in [-0.2, -0.15) is 0 Å². The Balaban J connectivity index is 1.73. The number of halogens is 1. The van der Waals surface area contributed by atoms with Crippen LogP contribution in [0.15, 0.2) is 77.2 Å². The Morgan fingerprint density at radius 3 is 2.39 bits per heavy atom. The molecule has 3 aromatic carbocycles. The van der Waals surface area contributed by atoms with Crippen LogP contribution in [0.2, 0.25) is 5.02 Å². The molecule has 0 spiro atoms. The summed E-state index contributed by atoms with van der Waals surface area (Å²) >= 11 is 6.29. The summed E-state index contributed by atoms with van der Waals surface area (Å²) in [6.45, 7) is 4.17. The predicted molar refractivity (Wildman–Crippen MR) is 113 cm³/mol. The molecule has 1 aromatic heterocycles. The van der Waals surface area contributed by atoms with E-state index < -0.39 is 0 Å². The maximum absolute atomic E-state index is 6.29. The minimum Gasteiger partial charge on any atom is -0.418 e. The number of hydrogen-bond donors (Lipinski definition) is 1. The average Bonchev–Trinajstić information content (AvgIpc) is 3.18. The van der Waals surface area contributed by atoms with Gasteiger partial charge in [0, 0.05) is 5.69 Å². The highest BCUT2D eigenvalue weighted by molar-refractivity contribution is 6.33. The molecule has 0 aliphatic rings. The second-order valence-corrected chi connectivity index (χ2v) is 7.14.